The van der Waals surface area contributed by atoms with E-state index in [0.717, 1.165) is 12.8 Å². The number of carbonyl (C=O) groups excluding carboxylic acids is 1. The Morgan fingerprint density at radius 3 is 2.56 bits per heavy atom. The van der Waals surface area contributed by atoms with E-state index in [4.69, 9.17) is 15.6 Å². The molecular weight excluding hydrogens is 238 g/mol. The number of nitrogens with zero attached hydrogens (tertiary/aromatic N) is 1. The fraction of sp³-hybridized carbons (Fsp3) is 0.818. The van der Waals surface area contributed by atoms with Crippen LogP contribution in [-0.4, -0.2) is 60.4 Å². The number of carbonyl (C=O) groups is 2. The van der Waals surface area contributed by atoms with Crippen LogP contribution in [0.4, 0.5) is 4.79 Å². The Bertz CT molecular complexity index is 328. The topological polar surface area (TPSA) is 105 Å². The molecule has 0 aliphatic carbocycles. The molecule has 2 atom stereocenters. The number of ether oxygens (including phenoxy) is 1. The predicted octanol–water partition coefficient (Wildman–Crippen LogP) is -0.781. The molecule has 2 rings (SSSR count). The summed E-state index contributed by atoms with van der Waals surface area (Å²) in [5, 5.41) is 11.7. The maximum atomic E-state index is 12.0. The number of nitrogens with two attached hydrogens (primary N) is 1. The highest BCUT2D eigenvalue weighted by Gasteiger charge is 2.36. The summed E-state index contributed by atoms with van der Waals surface area (Å²) in [6, 6.07) is -0.495. The van der Waals surface area contributed by atoms with Crippen molar-refractivity contribution in [2.24, 2.45) is 11.7 Å². The molecule has 0 aromatic rings. The number of hydrogen-bond donors (Lipinski definition) is 3. The Hall–Kier alpha value is -1.34. The molecule has 2 aliphatic heterocycles. The van der Waals surface area contributed by atoms with Gasteiger partial charge in [0.1, 0.15) is 5.92 Å². The van der Waals surface area contributed by atoms with Gasteiger partial charge in [-0.3, -0.25) is 4.79 Å². The molecule has 0 aromatic heterocycles. The van der Waals surface area contributed by atoms with Gasteiger partial charge in [-0.1, -0.05) is 0 Å². The second kappa shape index (κ2) is 5.53. The summed E-state index contributed by atoms with van der Waals surface area (Å²) in [5.74, 6) is -1.58. The van der Waals surface area contributed by atoms with Crippen molar-refractivity contribution in [2.75, 3.05) is 26.3 Å². The number of carboxylic acids is 1. The number of hydrogen-bond acceptors (Lipinski definition) is 4. The molecule has 18 heavy (non-hydrogen) atoms. The van der Waals surface area contributed by atoms with Gasteiger partial charge in [0.05, 0.1) is 19.3 Å². The van der Waals surface area contributed by atoms with Gasteiger partial charge in [0.25, 0.3) is 0 Å². The Kier molecular flexibility index (Phi) is 4.03. The first kappa shape index (κ1) is 13.1. The predicted molar refractivity (Wildman–Crippen MR) is 63.0 cm³/mol. The van der Waals surface area contributed by atoms with E-state index in [9.17, 15) is 9.59 Å². The molecule has 2 amide bonds. The number of nitrogens with one attached hydrogen (secondary N) is 1. The van der Waals surface area contributed by atoms with Crippen molar-refractivity contribution in [3.8, 4) is 0 Å². The molecule has 0 radical (unpaired) electrons. The minimum absolute atomic E-state index is 0.158. The lowest BCUT2D eigenvalue weighted by molar-refractivity contribution is -0.142. The van der Waals surface area contributed by atoms with Crippen molar-refractivity contribution < 1.29 is 19.4 Å². The Morgan fingerprint density at radius 1 is 1.28 bits per heavy atom. The van der Waals surface area contributed by atoms with Crippen LogP contribution < -0.4 is 11.1 Å². The maximum absolute atomic E-state index is 12.0. The van der Waals surface area contributed by atoms with Crippen LogP contribution >= 0.6 is 0 Å². The van der Waals surface area contributed by atoms with E-state index in [1.807, 2.05) is 0 Å². The first-order valence-corrected chi connectivity index (χ1v) is 6.19. The van der Waals surface area contributed by atoms with Gasteiger partial charge in [0.2, 0.25) is 0 Å². The highest BCUT2D eigenvalue weighted by molar-refractivity contribution is 5.77. The number of amides is 2. The van der Waals surface area contributed by atoms with Crippen molar-refractivity contribution in [1.82, 2.24) is 10.2 Å². The zero-order valence-corrected chi connectivity index (χ0v) is 10.2. The monoisotopic (exact) mass is 257 g/mol. The third-order valence-electron chi connectivity index (χ3n) is 3.53. The van der Waals surface area contributed by atoms with E-state index in [2.05, 4.69) is 5.32 Å². The lowest BCUT2D eigenvalue weighted by Gasteiger charge is -2.31. The van der Waals surface area contributed by atoms with Gasteiger partial charge in [0, 0.05) is 19.1 Å². The molecular formula is C11H19N3O4. The summed E-state index contributed by atoms with van der Waals surface area (Å²) in [5.41, 5.74) is 5.77. The van der Waals surface area contributed by atoms with E-state index in [0.29, 0.717) is 13.1 Å². The van der Waals surface area contributed by atoms with Gasteiger partial charge in [-0.2, -0.15) is 0 Å². The zero-order chi connectivity index (χ0) is 13.1. The summed E-state index contributed by atoms with van der Waals surface area (Å²) in [7, 11) is 0. The summed E-state index contributed by atoms with van der Waals surface area (Å²) < 4.78 is 5.10. The van der Waals surface area contributed by atoms with Crippen molar-refractivity contribution in [3.63, 3.8) is 0 Å². The van der Waals surface area contributed by atoms with Gasteiger partial charge in [-0.05, 0) is 12.8 Å². The molecule has 102 valence electrons. The van der Waals surface area contributed by atoms with E-state index in [1.165, 1.54) is 0 Å². The number of piperidine rings is 1. The Balaban J connectivity index is 1.85. The normalized spacial score (nSPS) is 29.3. The van der Waals surface area contributed by atoms with Gasteiger partial charge >= 0.3 is 12.0 Å². The van der Waals surface area contributed by atoms with Crippen LogP contribution in [0.1, 0.15) is 12.8 Å². The highest BCUT2D eigenvalue weighted by Crippen LogP contribution is 2.15. The molecule has 0 saturated carbocycles. The minimum Gasteiger partial charge on any atom is -0.481 e. The largest absolute Gasteiger partial charge is 0.481 e. The zero-order valence-electron chi connectivity index (χ0n) is 10.2. The second-order valence-electron chi connectivity index (χ2n) is 4.86. The molecule has 2 unspecified atom stereocenters. The fourth-order valence-electron chi connectivity index (χ4n) is 2.29. The van der Waals surface area contributed by atoms with E-state index >= 15 is 0 Å². The second-order valence-corrected chi connectivity index (χ2v) is 4.86. The molecule has 2 saturated heterocycles. The third kappa shape index (κ3) is 2.91. The third-order valence-corrected chi connectivity index (χ3v) is 3.53. The van der Waals surface area contributed by atoms with Gasteiger partial charge in [-0.25, -0.2) is 4.79 Å². The molecule has 0 spiro atoms. The van der Waals surface area contributed by atoms with E-state index in [1.54, 1.807) is 4.90 Å². The lowest BCUT2D eigenvalue weighted by atomic mass is 10.0. The average molecular weight is 257 g/mol. The minimum atomic E-state index is -0.932. The molecule has 2 heterocycles. The fourth-order valence-corrected chi connectivity index (χ4v) is 2.29. The van der Waals surface area contributed by atoms with Crippen molar-refractivity contribution in [2.45, 2.75) is 24.9 Å². The van der Waals surface area contributed by atoms with Crippen LogP contribution in [0.5, 0.6) is 0 Å². The van der Waals surface area contributed by atoms with E-state index < -0.39 is 17.9 Å². The number of urea groups is 1. The van der Waals surface area contributed by atoms with Gasteiger partial charge in [0.15, 0.2) is 0 Å². The summed E-state index contributed by atoms with van der Waals surface area (Å²) in [6.45, 7) is 1.66. The van der Waals surface area contributed by atoms with Crippen LogP contribution in [0.15, 0.2) is 0 Å². The molecule has 7 heteroatoms. The number of rotatable bonds is 2. The molecule has 2 aliphatic rings. The number of carboxylic acid groups (broad SMARTS) is 1. The SMILES string of the molecule is NC1CCN(C(=O)NC2COCC2C(=O)O)CC1. The molecule has 2 fully saturated rings. The number of aliphatic carboxylic acids is 1. The summed E-state index contributed by atoms with van der Waals surface area (Å²) in [4.78, 5) is 24.6. The highest BCUT2D eigenvalue weighted by atomic mass is 16.5. The standard InChI is InChI=1S/C11H19N3O4/c12-7-1-3-14(4-2-7)11(17)13-9-6-18-5-8(9)10(15)16/h7-9H,1-6,12H2,(H,13,17)(H,15,16). The summed E-state index contributed by atoms with van der Waals surface area (Å²) in [6.07, 6.45) is 1.58. The van der Waals surface area contributed by atoms with Crippen LogP contribution in [0, 0.1) is 5.92 Å². The first-order chi connectivity index (χ1) is 8.58. The first-order valence-electron chi connectivity index (χ1n) is 6.19. The van der Waals surface area contributed by atoms with Crippen molar-refractivity contribution in [3.05, 3.63) is 0 Å². The van der Waals surface area contributed by atoms with E-state index in [-0.39, 0.29) is 25.3 Å². The quantitative estimate of drug-likeness (QED) is 0.602. The Labute approximate surface area is 105 Å². The smallest absolute Gasteiger partial charge is 0.317 e. The van der Waals surface area contributed by atoms with Crippen LogP contribution in [-0.2, 0) is 9.53 Å². The van der Waals surface area contributed by atoms with Gasteiger partial charge < -0.3 is 25.8 Å². The molecule has 0 aromatic carbocycles. The van der Waals surface area contributed by atoms with Crippen LogP contribution in [0.25, 0.3) is 0 Å². The van der Waals surface area contributed by atoms with Crippen molar-refractivity contribution in [1.29, 1.82) is 0 Å². The maximum Gasteiger partial charge on any atom is 0.317 e. The average Bonchev–Trinajstić information content (AvgIpc) is 2.78. The Morgan fingerprint density at radius 2 is 1.94 bits per heavy atom. The number of likely N-dealkylation sites (tertiary alicyclic amines) is 1. The molecule has 0 bridgehead atoms. The van der Waals surface area contributed by atoms with Crippen LogP contribution in [0.3, 0.4) is 0 Å². The van der Waals surface area contributed by atoms with Crippen molar-refractivity contribution >= 4 is 12.0 Å². The molecule has 7 nitrogen and oxygen atoms in total. The lowest BCUT2D eigenvalue weighted by Crippen LogP contribution is -2.52. The van der Waals surface area contributed by atoms with Crippen LogP contribution in [0.2, 0.25) is 0 Å². The summed E-state index contributed by atoms with van der Waals surface area (Å²) >= 11 is 0. The van der Waals surface area contributed by atoms with Gasteiger partial charge in [-0.15, -0.1) is 0 Å². The molecule has 4 N–H and O–H groups in total.